The summed E-state index contributed by atoms with van der Waals surface area (Å²) < 4.78 is 0. The fourth-order valence-electron chi connectivity index (χ4n) is 2.97. The van der Waals surface area contributed by atoms with Crippen molar-refractivity contribution in [3.8, 4) is 0 Å². The quantitative estimate of drug-likeness (QED) is 0.909. The number of nitrogens with two attached hydrogens (primary N) is 1. The largest absolute Gasteiger partial charge is 0.370 e. The minimum atomic E-state index is 0.0185. The number of anilines is 1. The lowest BCUT2D eigenvalue weighted by atomic mass is 10.0. The molecular formula is C18H21ClN2. The molecular weight excluding hydrogens is 280 g/mol. The maximum absolute atomic E-state index is 6.47. The van der Waals surface area contributed by atoms with Gasteiger partial charge in [-0.05, 0) is 48.6 Å². The molecule has 0 fully saturated rings. The van der Waals surface area contributed by atoms with Gasteiger partial charge in [-0.1, -0.05) is 41.9 Å². The van der Waals surface area contributed by atoms with Gasteiger partial charge in [0.15, 0.2) is 0 Å². The minimum absolute atomic E-state index is 0.0185. The first-order valence-electron chi connectivity index (χ1n) is 7.52. The standard InChI is InChI=1S/C18H21ClN2/c1-13(20)16-6-7-18(17(19)12-16)21-10-8-14-4-2-3-5-15(14)9-11-21/h2-7,12-13H,8-11,20H2,1H3/t13-/m0/s1. The van der Waals surface area contributed by atoms with Crippen LogP contribution in [0.25, 0.3) is 0 Å². The highest BCUT2D eigenvalue weighted by atomic mass is 35.5. The van der Waals surface area contributed by atoms with Crippen LogP contribution in [0, 0.1) is 0 Å². The Labute approximate surface area is 131 Å². The number of nitrogens with zero attached hydrogens (tertiary/aromatic N) is 1. The minimum Gasteiger partial charge on any atom is -0.370 e. The van der Waals surface area contributed by atoms with E-state index in [1.807, 2.05) is 13.0 Å². The van der Waals surface area contributed by atoms with E-state index in [0.717, 1.165) is 42.2 Å². The van der Waals surface area contributed by atoms with Gasteiger partial charge in [0.2, 0.25) is 0 Å². The average Bonchev–Trinajstić information content (AvgIpc) is 2.70. The van der Waals surface area contributed by atoms with Crippen LogP contribution in [0.3, 0.4) is 0 Å². The van der Waals surface area contributed by atoms with Crippen LogP contribution >= 0.6 is 11.6 Å². The highest BCUT2D eigenvalue weighted by Crippen LogP contribution is 2.30. The second-order valence-corrected chi connectivity index (χ2v) is 6.16. The summed E-state index contributed by atoms with van der Waals surface area (Å²) in [7, 11) is 0. The number of rotatable bonds is 2. The zero-order chi connectivity index (χ0) is 14.8. The lowest BCUT2D eigenvalue weighted by Gasteiger charge is -2.24. The van der Waals surface area contributed by atoms with Crippen molar-refractivity contribution >= 4 is 17.3 Å². The van der Waals surface area contributed by atoms with E-state index in [9.17, 15) is 0 Å². The molecule has 2 N–H and O–H groups in total. The molecule has 0 radical (unpaired) electrons. The predicted octanol–water partition coefficient (Wildman–Crippen LogP) is 3.96. The van der Waals surface area contributed by atoms with Crippen molar-refractivity contribution in [3.05, 3.63) is 64.2 Å². The smallest absolute Gasteiger partial charge is 0.0642 e. The Morgan fingerprint density at radius 1 is 1.05 bits per heavy atom. The van der Waals surface area contributed by atoms with Crippen molar-refractivity contribution in [2.45, 2.75) is 25.8 Å². The first kappa shape index (κ1) is 14.4. The van der Waals surface area contributed by atoms with Gasteiger partial charge in [-0.15, -0.1) is 0 Å². The third-order valence-electron chi connectivity index (χ3n) is 4.26. The zero-order valence-corrected chi connectivity index (χ0v) is 13.1. The number of hydrogen-bond donors (Lipinski definition) is 1. The van der Waals surface area contributed by atoms with Gasteiger partial charge >= 0.3 is 0 Å². The molecule has 0 bridgehead atoms. The van der Waals surface area contributed by atoms with Gasteiger partial charge < -0.3 is 10.6 Å². The number of benzene rings is 2. The second-order valence-electron chi connectivity index (χ2n) is 5.76. The predicted molar refractivity (Wildman–Crippen MR) is 90.1 cm³/mol. The Balaban J connectivity index is 1.83. The fourth-order valence-corrected chi connectivity index (χ4v) is 3.28. The van der Waals surface area contributed by atoms with E-state index in [1.54, 1.807) is 0 Å². The van der Waals surface area contributed by atoms with Gasteiger partial charge in [0, 0.05) is 19.1 Å². The zero-order valence-electron chi connectivity index (χ0n) is 12.3. The molecule has 21 heavy (non-hydrogen) atoms. The van der Waals surface area contributed by atoms with E-state index < -0.39 is 0 Å². The van der Waals surface area contributed by atoms with Crippen molar-refractivity contribution < 1.29 is 0 Å². The van der Waals surface area contributed by atoms with Gasteiger partial charge in [-0.2, -0.15) is 0 Å². The SMILES string of the molecule is C[C@H](N)c1ccc(N2CCc3ccccc3CC2)c(Cl)c1. The maximum Gasteiger partial charge on any atom is 0.0642 e. The van der Waals surface area contributed by atoms with Gasteiger partial charge in [0.25, 0.3) is 0 Å². The molecule has 0 aliphatic carbocycles. The Hall–Kier alpha value is -1.51. The van der Waals surface area contributed by atoms with E-state index >= 15 is 0 Å². The Bertz CT molecular complexity index is 610. The molecule has 1 atom stereocenters. The van der Waals surface area contributed by atoms with E-state index in [2.05, 4.69) is 41.3 Å². The van der Waals surface area contributed by atoms with E-state index in [1.165, 1.54) is 11.1 Å². The first-order valence-corrected chi connectivity index (χ1v) is 7.89. The maximum atomic E-state index is 6.47. The summed E-state index contributed by atoms with van der Waals surface area (Å²) in [4.78, 5) is 2.38. The number of fused-ring (bicyclic) bond motifs is 1. The molecule has 0 spiro atoms. The first-order chi connectivity index (χ1) is 10.1. The Kier molecular flexibility index (Phi) is 4.18. The van der Waals surface area contributed by atoms with E-state index in [4.69, 9.17) is 17.3 Å². The van der Waals surface area contributed by atoms with Crippen molar-refractivity contribution in [1.29, 1.82) is 0 Å². The average molecular weight is 301 g/mol. The second kappa shape index (κ2) is 6.08. The monoisotopic (exact) mass is 300 g/mol. The molecule has 0 saturated heterocycles. The van der Waals surface area contributed by atoms with Crippen molar-refractivity contribution in [2.24, 2.45) is 5.73 Å². The lowest BCUT2D eigenvalue weighted by Crippen LogP contribution is -2.26. The van der Waals surface area contributed by atoms with Crippen LogP contribution in [0.15, 0.2) is 42.5 Å². The van der Waals surface area contributed by atoms with Gasteiger partial charge in [0.05, 0.1) is 10.7 Å². The Morgan fingerprint density at radius 2 is 1.67 bits per heavy atom. The summed E-state index contributed by atoms with van der Waals surface area (Å²) in [6.07, 6.45) is 2.14. The van der Waals surface area contributed by atoms with Crippen molar-refractivity contribution in [1.82, 2.24) is 0 Å². The molecule has 3 rings (SSSR count). The Morgan fingerprint density at radius 3 is 2.19 bits per heavy atom. The normalized spacial score (nSPS) is 16.2. The summed E-state index contributed by atoms with van der Waals surface area (Å²) in [5.41, 5.74) is 11.0. The van der Waals surface area contributed by atoms with Crippen LogP contribution in [0.2, 0.25) is 5.02 Å². The highest BCUT2D eigenvalue weighted by Gasteiger charge is 2.16. The fraction of sp³-hybridized carbons (Fsp3) is 0.333. The summed E-state index contributed by atoms with van der Waals surface area (Å²) in [6.45, 7) is 4.00. The molecule has 2 aromatic carbocycles. The van der Waals surface area contributed by atoms with Crippen molar-refractivity contribution in [3.63, 3.8) is 0 Å². The van der Waals surface area contributed by atoms with Crippen LogP contribution in [-0.2, 0) is 12.8 Å². The molecule has 0 unspecified atom stereocenters. The number of halogens is 1. The molecule has 0 saturated carbocycles. The molecule has 0 aromatic heterocycles. The topological polar surface area (TPSA) is 29.3 Å². The molecule has 1 heterocycles. The summed E-state index contributed by atoms with van der Waals surface area (Å²) in [5.74, 6) is 0. The molecule has 3 heteroatoms. The van der Waals surface area contributed by atoms with Crippen LogP contribution in [0.1, 0.15) is 29.7 Å². The van der Waals surface area contributed by atoms with Gasteiger partial charge in [0.1, 0.15) is 0 Å². The third-order valence-corrected chi connectivity index (χ3v) is 4.56. The summed E-state index contributed by atoms with van der Waals surface area (Å²) >= 11 is 6.47. The van der Waals surface area contributed by atoms with Gasteiger partial charge in [-0.3, -0.25) is 0 Å². The van der Waals surface area contributed by atoms with Gasteiger partial charge in [-0.25, -0.2) is 0 Å². The van der Waals surface area contributed by atoms with Crippen molar-refractivity contribution in [2.75, 3.05) is 18.0 Å². The van der Waals surface area contributed by atoms with E-state index in [-0.39, 0.29) is 6.04 Å². The summed E-state index contributed by atoms with van der Waals surface area (Å²) in [6, 6.07) is 14.9. The van der Waals surface area contributed by atoms with E-state index in [0.29, 0.717) is 0 Å². The number of hydrogen-bond acceptors (Lipinski definition) is 2. The molecule has 1 aliphatic rings. The van der Waals surface area contributed by atoms with Crippen LogP contribution in [0.4, 0.5) is 5.69 Å². The lowest BCUT2D eigenvalue weighted by molar-refractivity contribution is 0.798. The molecule has 110 valence electrons. The molecule has 1 aliphatic heterocycles. The van der Waals surface area contributed by atoms with Crippen LogP contribution in [0.5, 0.6) is 0 Å². The highest BCUT2D eigenvalue weighted by molar-refractivity contribution is 6.33. The van der Waals surface area contributed by atoms with Crippen LogP contribution < -0.4 is 10.6 Å². The molecule has 0 amide bonds. The van der Waals surface area contributed by atoms with Crippen LogP contribution in [-0.4, -0.2) is 13.1 Å². The third kappa shape index (κ3) is 3.07. The molecule has 2 aromatic rings. The molecule has 2 nitrogen and oxygen atoms in total. The summed E-state index contributed by atoms with van der Waals surface area (Å²) in [5, 5.41) is 0.802.